The molecule has 0 saturated heterocycles. The van der Waals surface area contributed by atoms with E-state index in [4.69, 9.17) is 4.74 Å². The molecule has 0 saturated carbocycles. The van der Waals surface area contributed by atoms with Gasteiger partial charge in [-0.2, -0.15) is 0 Å². The number of benzene rings is 1. The average molecular weight is 281 g/mol. The lowest BCUT2D eigenvalue weighted by atomic mass is 10.2. The van der Waals surface area contributed by atoms with Gasteiger partial charge in [-0.25, -0.2) is 4.39 Å². The normalized spacial score (nSPS) is 11.1. The molecule has 0 amide bonds. The van der Waals surface area contributed by atoms with Crippen molar-refractivity contribution in [3.05, 3.63) is 29.6 Å². The fourth-order valence-corrected chi connectivity index (χ4v) is 2.05. The maximum Gasteiger partial charge on any atom is 0.123 e. The van der Waals surface area contributed by atoms with Crippen molar-refractivity contribution in [1.29, 1.82) is 0 Å². The van der Waals surface area contributed by atoms with Gasteiger partial charge in [0.15, 0.2) is 0 Å². The molecule has 0 radical (unpaired) electrons. The van der Waals surface area contributed by atoms with Gasteiger partial charge in [-0.3, -0.25) is 0 Å². The van der Waals surface area contributed by atoms with E-state index in [1.165, 1.54) is 31.4 Å². The summed E-state index contributed by atoms with van der Waals surface area (Å²) >= 11 is 0. The monoisotopic (exact) mass is 281 g/mol. The maximum atomic E-state index is 12.9. The van der Waals surface area contributed by atoms with Gasteiger partial charge in [-0.15, -0.1) is 0 Å². The van der Waals surface area contributed by atoms with Crippen LogP contribution in [0.15, 0.2) is 18.2 Å². The first-order chi connectivity index (χ1) is 9.59. The van der Waals surface area contributed by atoms with Gasteiger partial charge in [0, 0.05) is 0 Å². The second kappa shape index (κ2) is 9.76. The van der Waals surface area contributed by atoms with Crippen molar-refractivity contribution >= 4 is 0 Å². The summed E-state index contributed by atoms with van der Waals surface area (Å²) in [4.78, 5) is 0. The molecular weight excluding hydrogens is 253 g/mol. The zero-order valence-corrected chi connectivity index (χ0v) is 13.0. The maximum absolute atomic E-state index is 12.9. The Bertz CT molecular complexity index is 379. The third kappa shape index (κ3) is 7.49. The minimum absolute atomic E-state index is 0.205. The molecule has 20 heavy (non-hydrogen) atoms. The Labute approximate surface area is 122 Å². The second-order valence-corrected chi connectivity index (χ2v) is 5.77. The van der Waals surface area contributed by atoms with Gasteiger partial charge in [0.2, 0.25) is 0 Å². The van der Waals surface area contributed by atoms with E-state index in [9.17, 15) is 4.39 Å². The first kappa shape index (κ1) is 17.0. The third-order valence-corrected chi connectivity index (χ3v) is 3.20. The number of rotatable bonds is 10. The SMILES string of the molecule is Cc1cc(F)ccc1OCCCCCCNCC(C)C. The summed E-state index contributed by atoms with van der Waals surface area (Å²) < 4.78 is 18.6. The van der Waals surface area contributed by atoms with Crippen molar-refractivity contribution in [1.82, 2.24) is 5.32 Å². The number of nitrogens with one attached hydrogen (secondary N) is 1. The minimum Gasteiger partial charge on any atom is -0.493 e. The van der Waals surface area contributed by atoms with Gasteiger partial charge in [-0.05, 0) is 62.5 Å². The van der Waals surface area contributed by atoms with Crippen LogP contribution in [0.1, 0.15) is 45.1 Å². The molecule has 114 valence electrons. The first-order valence-electron chi connectivity index (χ1n) is 7.69. The Balaban J connectivity index is 1.99. The van der Waals surface area contributed by atoms with Crippen LogP contribution in [0.25, 0.3) is 0 Å². The smallest absolute Gasteiger partial charge is 0.123 e. The number of hydrogen-bond acceptors (Lipinski definition) is 2. The van der Waals surface area contributed by atoms with Crippen LogP contribution in [-0.4, -0.2) is 19.7 Å². The summed E-state index contributed by atoms with van der Waals surface area (Å²) in [5.41, 5.74) is 0.864. The molecule has 0 aliphatic rings. The van der Waals surface area contributed by atoms with Crippen LogP contribution in [0.2, 0.25) is 0 Å². The molecule has 1 rings (SSSR count). The van der Waals surface area contributed by atoms with E-state index in [0.717, 1.165) is 36.7 Å². The van der Waals surface area contributed by atoms with Crippen molar-refractivity contribution in [3.8, 4) is 5.75 Å². The lowest BCUT2D eigenvalue weighted by molar-refractivity contribution is 0.302. The van der Waals surface area contributed by atoms with Crippen molar-refractivity contribution in [2.75, 3.05) is 19.7 Å². The zero-order chi connectivity index (χ0) is 14.8. The molecule has 2 nitrogen and oxygen atoms in total. The Morgan fingerprint density at radius 1 is 1.15 bits per heavy atom. The zero-order valence-electron chi connectivity index (χ0n) is 13.0. The topological polar surface area (TPSA) is 21.3 Å². The van der Waals surface area contributed by atoms with E-state index < -0.39 is 0 Å². The summed E-state index contributed by atoms with van der Waals surface area (Å²) in [5, 5.41) is 3.45. The molecule has 1 aromatic carbocycles. The van der Waals surface area contributed by atoms with Crippen LogP contribution in [0, 0.1) is 18.7 Å². The fourth-order valence-electron chi connectivity index (χ4n) is 2.05. The molecular formula is C17H28FNO. The minimum atomic E-state index is -0.205. The standard InChI is InChI=1S/C17H28FNO/c1-14(2)13-19-10-6-4-5-7-11-20-17-9-8-16(18)12-15(17)3/h8-9,12,14,19H,4-7,10-11,13H2,1-3H3. The van der Waals surface area contributed by atoms with E-state index >= 15 is 0 Å². The van der Waals surface area contributed by atoms with Crippen molar-refractivity contribution in [2.24, 2.45) is 5.92 Å². The lowest BCUT2D eigenvalue weighted by Crippen LogP contribution is -2.20. The van der Waals surface area contributed by atoms with Crippen LogP contribution in [-0.2, 0) is 0 Å². The molecule has 0 aliphatic heterocycles. The highest BCUT2D eigenvalue weighted by Crippen LogP contribution is 2.18. The summed E-state index contributed by atoms with van der Waals surface area (Å²) in [6.07, 6.45) is 4.70. The highest BCUT2D eigenvalue weighted by atomic mass is 19.1. The molecule has 0 unspecified atom stereocenters. The Morgan fingerprint density at radius 2 is 1.90 bits per heavy atom. The Kier molecular flexibility index (Phi) is 8.28. The first-order valence-corrected chi connectivity index (χ1v) is 7.69. The molecule has 3 heteroatoms. The van der Waals surface area contributed by atoms with E-state index in [0.29, 0.717) is 6.61 Å². The van der Waals surface area contributed by atoms with Crippen molar-refractivity contribution in [3.63, 3.8) is 0 Å². The van der Waals surface area contributed by atoms with E-state index in [2.05, 4.69) is 19.2 Å². The van der Waals surface area contributed by atoms with Gasteiger partial charge < -0.3 is 10.1 Å². The van der Waals surface area contributed by atoms with Crippen LogP contribution >= 0.6 is 0 Å². The van der Waals surface area contributed by atoms with Gasteiger partial charge >= 0.3 is 0 Å². The third-order valence-electron chi connectivity index (χ3n) is 3.20. The lowest BCUT2D eigenvalue weighted by Gasteiger charge is -2.09. The molecule has 0 spiro atoms. The van der Waals surface area contributed by atoms with E-state index in [1.807, 2.05) is 6.92 Å². The highest BCUT2D eigenvalue weighted by Gasteiger charge is 2.00. The summed E-state index contributed by atoms with van der Waals surface area (Å²) in [6, 6.07) is 4.67. The van der Waals surface area contributed by atoms with E-state index in [-0.39, 0.29) is 5.82 Å². The summed E-state index contributed by atoms with van der Waals surface area (Å²) in [5.74, 6) is 1.32. The molecule has 0 aliphatic carbocycles. The Morgan fingerprint density at radius 3 is 2.60 bits per heavy atom. The van der Waals surface area contributed by atoms with Crippen molar-refractivity contribution in [2.45, 2.75) is 46.5 Å². The fraction of sp³-hybridized carbons (Fsp3) is 0.647. The molecule has 0 bridgehead atoms. The summed E-state index contributed by atoms with van der Waals surface area (Å²) in [6.45, 7) is 9.25. The van der Waals surface area contributed by atoms with Crippen LogP contribution in [0.3, 0.4) is 0 Å². The van der Waals surface area contributed by atoms with Crippen LogP contribution in [0.4, 0.5) is 4.39 Å². The largest absolute Gasteiger partial charge is 0.493 e. The predicted octanol–water partition coefficient (Wildman–Crippen LogP) is 4.32. The van der Waals surface area contributed by atoms with Gasteiger partial charge in [0.1, 0.15) is 11.6 Å². The quantitative estimate of drug-likeness (QED) is 0.645. The average Bonchev–Trinajstić information content (AvgIpc) is 2.38. The summed E-state index contributed by atoms with van der Waals surface area (Å²) in [7, 11) is 0. The second-order valence-electron chi connectivity index (χ2n) is 5.77. The number of halogens is 1. The molecule has 0 atom stereocenters. The number of ether oxygens (including phenoxy) is 1. The van der Waals surface area contributed by atoms with Gasteiger partial charge in [-0.1, -0.05) is 26.7 Å². The van der Waals surface area contributed by atoms with Gasteiger partial charge in [0.25, 0.3) is 0 Å². The number of aryl methyl sites for hydroxylation is 1. The van der Waals surface area contributed by atoms with Crippen molar-refractivity contribution < 1.29 is 9.13 Å². The van der Waals surface area contributed by atoms with E-state index in [1.54, 1.807) is 6.07 Å². The number of hydrogen-bond donors (Lipinski definition) is 1. The highest BCUT2D eigenvalue weighted by molar-refractivity contribution is 5.32. The molecule has 1 N–H and O–H groups in total. The van der Waals surface area contributed by atoms with Gasteiger partial charge in [0.05, 0.1) is 6.61 Å². The molecule has 0 heterocycles. The predicted molar refractivity (Wildman–Crippen MR) is 82.8 cm³/mol. The Hall–Kier alpha value is -1.09. The van der Waals surface area contributed by atoms with Crippen LogP contribution < -0.4 is 10.1 Å². The molecule has 1 aromatic rings. The molecule has 0 aromatic heterocycles. The van der Waals surface area contributed by atoms with Crippen LogP contribution in [0.5, 0.6) is 5.75 Å². The number of unbranched alkanes of at least 4 members (excludes halogenated alkanes) is 3. The molecule has 0 fully saturated rings.